The molecule has 1 unspecified atom stereocenters. The fourth-order valence-electron chi connectivity index (χ4n) is 4.25. The topological polar surface area (TPSA) is 133 Å². The molecule has 3 aromatic rings. The Morgan fingerprint density at radius 2 is 1.76 bits per heavy atom. The summed E-state index contributed by atoms with van der Waals surface area (Å²) in [5, 5.41) is 11.9. The summed E-state index contributed by atoms with van der Waals surface area (Å²) in [6.45, 7) is 2.27. The number of carboxylic acid groups (broad SMARTS) is 1. The van der Waals surface area contributed by atoms with Gasteiger partial charge in [0.1, 0.15) is 6.04 Å². The molecule has 2 amide bonds. The largest absolute Gasteiger partial charge is 0.478 e. The van der Waals surface area contributed by atoms with E-state index in [0.29, 0.717) is 25.1 Å². The first-order valence-electron chi connectivity index (χ1n) is 11.8. The number of carbonyl (C=O) groups is 3. The van der Waals surface area contributed by atoms with Crippen LogP contribution in [0.5, 0.6) is 0 Å². The Morgan fingerprint density at radius 1 is 1.00 bits per heavy atom. The molecule has 9 nitrogen and oxygen atoms in total. The summed E-state index contributed by atoms with van der Waals surface area (Å²) in [5.41, 5.74) is 2.42. The van der Waals surface area contributed by atoms with Gasteiger partial charge in [-0.05, 0) is 60.4 Å². The summed E-state index contributed by atoms with van der Waals surface area (Å²) in [6, 6.07) is 18.1. The number of hydrogen-bond donors (Lipinski definition) is 3. The van der Waals surface area contributed by atoms with Crippen LogP contribution in [0.2, 0.25) is 0 Å². The Labute approximate surface area is 215 Å². The molecule has 0 bridgehead atoms. The molecule has 1 aliphatic heterocycles. The Bertz CT molecular complexity index is 1440. The molecule has 3 aromatic carbocycles. The minimum atomic E-state index is -4.11. The third-order valence-electron chi connectivity index (χ3n) is 6.13. The normalized spacial score (nSPS) is 13.6. The van der Waals surface area contributed by atoms with Crippen molar-refractivity contribution in [1.29, 1.82) is 0 Å². The molecule has 0 aromatic heterocycles. The molecule has 1 heterocycles. The average Bonchev–Trinajstić information content (AvgIpc) is 3.32. The first-order valence-corrected chi connectivity index (χ1v) is 13.3. The van der Waals surface area contributed by atoms with Crippen molar-refractivity contribution in [3.05, 3.63) is 89.5 Å². The zero-order chi connectivity index (χ0) is 26.6. The van der Waals surface area contributed by atoms with E-state index in [4.69, 9.17) is 0 Å². The van der Waals surface area contributed by atoms with Crippen molar-refractivity contribution in [2.75, 3.05) is 16.8 Å². The van der Waals surface area contributed by atoms with Crippen LogP contribution in [0.4, 0.5) is 11.4 Å². The second kappa shape index (κ2) is 10.9. The fourth-order valence-corrected chi connectivity index (χ4v) is 5.49. The second-order valence-corrected chi connectivity index (χ2v) is 10.4. The zero-order valence-corrected chi connectivity index (χ0v) is 21.0. The molecule has 1 aliphatic rings. The molecule has 0 radical (unpaired) electrons. The van der Waals surface area contributed by atoms with E-state index in [9.17, 15) is 27.9 Å². The van der Waals surface area contributed by atoms with E-state index in [1.54, 1.807) is 42.2 Å². The summed E-state index contributed by atoms with van der Waals surface area (Å²) in [5.74, 6) is -1.80. The number of carbonyl (C=O) groups excluding carboxylic acids is 2. The number of nitrogens with zero attached hydrogens (tertiary/aromatic N) is 1. The van der Waals surface area contributed by atoms with Gasteiger partial charge in [-0.2, -0.15) is 4.72 Å². The van der Waals surface area contributed by atoms with E-state index in [2.05, 4.69) is 10.0 Å². The molecule has 3 N–H and O–H groups in total. The number of fused-ring (bicyclic) bond motifs is 1. The Kier molecular flexibility index (Phi) is 7.70. The Balaban J connectivity index is 1.59. The monoisotopic (exact) mass is 521 g/mol. The quantitative estimate of drug-likeness (QED) is 0.396. The van der Waals surface area contributed by atoms with Gasteiger partial charge >= 0.3 is 5.97 Å². The van der Waals surface area contributed by atoms with Crippen LogP contribution in [0.25, 0.3) is 0 Å². The molecule has 4 rings (SSSR count). The van der Waals surface area contributed by atoms with E-state index in [-0.39, 0.29) is 28.5 Å². The van der Waals surface area contributed by atoms with Gasteiger partial charge < -0.3 is 15.3 Å². The molecule has 0 saturated carbocycles. The predicted molar refractivity (Wildman–Crippen MR) is 139 cm³/mol. The number of aromatic carboxylic acids is 1. The molecule has 10 heteroatoms. The van der Waals surface area contributed by atoms with Gasteiger partial charge in [-0.3, -0.25) is 9.59 Å². The summed E-state index contributed by atoms with van der Waals surface area (Å²) < 4.78 is 29.2. The van der Waals surface area contributed by atoms with Crippen molar-refractivity contribution in [3.63, 3.8) is 0 Å². The Morgan fingerprint density at radius 3 is 2.46 bits per heavy atom. The average molecular weight is 522 g/mol. The maximum Gasteiger partial charge on any atom is 0.335 e. The summed E-state index contributed by atoms with van der Waals surface area (Å²) in [7, 11) is -4.11. The predicted octanol–water partition coefficient (Wildman–Crippen LogP) is 3.21. The van der Waals surface area contributed by atoms with Crippen molar-refractivity contribution in [3.8, 4) is 0 Å². The summed E-state index contributed by atoms with van der Waals surface area (Å²) in [6.07, 6.45) is 0.971. The molecule has 1 atom stereocenters. The van der Waals surface area contributed by atoms with Gasteiger partial charge in [0.2, 0.25) is 21.8 Å². The zero-order valence-electron chi connectivity index (χ0n) is 20.2. The second-order valence-electron chi connectivity index (χ2n) is 8.68. The maximum atomic E-state index is 13.4. The first-order chi connectivity index (χ1) is 17.7. The van der Waals surface area contributed by atoms with Crippen LogP contribution < -0.4 is 14.9 Å². The van der Waals surface area contributed by atoms with Gasteiger partial charge in [-0.1, -0.05) is 43.3 Å². The highest BCUT2D eigenvalue weighted by Gasteiger charge is 2.29. The van der Waals surface area contributed by atoms with Gasteiger partial charge in [-0.25, -0.2) is 13.2 Å². The van der Waals surface area contributed by atoms with Crippen LogP contribution in [0, 0.1) is 0 Å². The number of anilines is 2. The lowest BCUT2D eigenvalue weighted by atomic mass is 10.1. The summed E-state index contributed by atoms with van der Waals surface area (Å²) >= 11 is 0. The number of sulfonamides is 1. The van der Waals surface area contributed by atoms with Crippen LogP contribution in [-0.4, -0.2) is 43.9 Å². The van der Waals surface area contributed by atoms with E-state index < -0.39 is 27.9 Å². The molecule has 0 aliphatic carbocycles. The minimum absolute atomic E-state index is 0.00390. The number of benzene rings is 3. The number of hydrogen-bond acceptors (Lipinski definition) is 5. The van der Waals surface area contributed by atoms with E-state index in [1.165, 1.54) is 36.4 Å². The standard InChI is InChI=1S/C27H27N3O6S/c1-2-25(31)30-14-13-19-17-22(11-12-24(19)30)37(35,36)29-23(15-18-7-4-3-5-8-18)26(32)28-21-10-6-9-20(16-21)27(33)34/h3-12,16-17,23,29H,2,13-15H2,1H3,(H,28,32)(H,33,34). The third kappa shape index (κ3) is 6.04. The van der Waals surface area contributed by atoms with E-state index in [1.807, 2.05) is 6.07 Å². The van der Waals surface area contributed by atoms with Gasteiger partial charge in [0.15, 0.2) is 0 Å². The van der Waals surface area contributed by atoms with Gasteiger partial charge in [0.05, 0.1) is 10.5 Å². The van der Waals surface area contributed by atoms with Gasteiger partial charge in [-0.15, -0.1) is 0 Å². The third-order valence-corrected chi connectivity index (χ3v) is 7.60. The van der Waals surface area contributed by atoms with Gasteiger partial charge in [0.25, 0.3) is 0 Å². The van der Waals surface area contributed by atoms with E-state index in [0.717, 1.165) is 11.1 Å². The molecule has 192 valence electrons. The summed E-state index contributed by atoms with van der Waals surface area (Å²) in [4.78, 5) is 38.3. The van der Waals surface area contributed by atoms with Crippen LogP contribution >= 0.6 is 0 Å². The number of nitrogens with one attached hydrogen (secondary N) is 2. The fraction of sp³-hybridized carbons (Fsp3) is 0.222. The first kappa shape index (κ1) is 26.1. The number of carboxylic acids is 1. The molecule has 0 fully saturated rings. The highest BCUT2D eigenvalue weighted by atomic mass is 32.2. The number of amides is 2. The lowest BCUT2D eigenvalue weighted by Crippen LogP contribution is -2.45. The molecular formula is C27H27N3O6S. The van der Waals surface area contributed by atoms with Gasteiger partial charge in [0, 0.05) is 24.3 Å². The van der Waals surface area contributed by atoms with Crippen LogP contribution in [0.1, 0.15) is 34.8 Å². The Hall–Kier alpha value is -4.02. The van der Waals surface area contributed by atoms with Crippen LogP contribution in [-0.2, 0) is 32.5 Å². The van der Waals surface area contributed by atoms with Crippen molar-refractivity contribution in [2.45, 2.75) is 37.1 Å². The van der Waals surface area contributed by atoms with E-state index >= 15 is 0 Å². The highest BCUT2D eigenvalue weighted by Crippen LogP contribution is 2.30. The molecular weight excluding hydrogens is 494 g/mol. The molecule has 0 saturated heterocycles. The van der Waals surface area contributed by atoms with Crippen molar-refractivity contribution in [1.82, 2.24) is 4.72 Å². The van der Waals surface area contributed by atoms with Crippen molar-refractivity contribution in [2.24, 2.45) is 0 Å². The van der Waals surface area contributed by atoms with Crippen molar-refractivity contribution >= 4 is 39.2 Å². The SMILES string of the molecule is CCC(=O)N1CCc2cc(S(=O)(=O)NC(Cc3ccccc3)C(=O)Nc3cccc(C(=O)O)c3)ccc21. The van der Waals surface area contributed by atoms with Crippen LogP contribution in [0.15, 0.2) is 77.7 Å². The maximum absolute atomic E-state index is 13.4. The minimum Gasteiger partial charge on any atom is -0.478 e. The number of rotatable bonds is 9. The smallest absolute Gasteiger partial charge is 0.335 e. The highest BCUT2D eigenvalue weighted by molar-refractivity contribution is 7.89. The lowest BCUT2D eigenvalue weighted by molar-refractivity contribution is -0.118. The lowest BCUT2D eigenvalue weighted by Gasteiger charge is -2.20. The molecule has 0 spiro atoms. The van der Waals surface area contributed by atoms with Crippen molar-refractivity contribution < 1.29 is 27.9 Å². The van der Waals surface area contributed by atoms with Crippen LogP contribution in [0.3, 0.4) is 0 Å². The molecule has 37 heavy (non-hydrogen) atoms.